The summed E-state index contributed by atoms with van der Waals surface area (Å²) in [5, 5.41) is 10.3. The molecule has 0 aliphatic rings. The van der Waals surface area contributed by atoms with Gasteiger partial charge in [0.05, 0.1) is 5.56 Å². The van der Waals surface area contributed by atoms with Gasteiger partial charge >= 0.3 is 5.97 Å². The van der Waals surface area contributed by atoms with Crippen molar-refractivity contribution in [2.75, 3.05) is 0 Å². The third-order valence-electron chi connectivity index (χ3n) is 3.67. The van der Waals surface area contributed by atoms with Gasteiger partial charge < -0.3 is 9.67 Å². The first-order valence-electron chi connectivity index (χ1n) is 7.01. The maximum absolute atomic E-state index is 11.2. The van der Waals surface area contributed by atoms with E-state index in [0.717, 1.165) is 22.2 Å². The van der Waals surface area contributed by atoms with Crippen LogP contribution in [0, 0.1) is 0 Å². The molecular formula is C18H17NO2. The second-order valence-corrected chi connectivity index (χ2v) is 5.44. The predicted molar refractivity (Wildman–Crippen MR) is 84.7 cm³/mol. The Morgan fingerprint density at radius 2 is 1.76 bits per heavy atom. The molecule has 0 unspecified atom stereocenters. The van der Waals surface area contributed by atoms with Crippen LogP contribution < -0.4 is 0 Å². The topological polar surface area (TPSA) is 42.2 Å². The standard InChI is InChI=1S/C18H17NO2/c1-12(2)19-16(13-6-4-3-5-7-13)10-14-8-9-15(18(20)21)11-17(14)19/h3-12H,1-2H3,(H,20,21). The van der Waals surface area contributed by atoms with E-state index in [1.54, 1.807) is 12.1 Å². The monoisotopic (exact) mass is 279 g/mol. The number of carboxylic acids is 1. The highest BCUT2D eigenvalue weighted by molar-refractivity contribution is 5.95. The average molecular weight is 279 g/mol. The molecular weight excluding hydrogens is 262 g/mol. The second-order valence-electron chi connectivity index (χ2n) is 5.44. The Labute approximate surface area is 123 Å². The van der Waals surface area contributed by atoms with Crippen molar-refractivity contribution < 1.29 is 9.90 Å². The lowest BCUT2D eigenvalue weighted by atomic mass is 10.1. The van der Waals surface area contributed by atoms with Gasteiger partial charge in [0.1, 0.15) is 0 Å². The van der Waals surface area contributed by atoms with Crippen molar-refractivity contribution in [3.05, 3.63) is 60.2 Å². The minimum absolute atomic E-state index is 0.252. The summed E-state index contributed by atoms with van der Waals surface area (Å²) in [6, 6.07) is 17.8. The van der Waals surface area contributed by atoms with Crippen molar-refractivity contribution in [1.82, 2.24) is 4.57 Å². The Morgan fingerprint density at radius 3 is 2.38 bits per heavy atom. The molecule has 2 aromatic carbocycles. The molecule has 3 rings (SSSR count). The van der Waals surface area contributed by atoms with E-state index in [1.807, 2.05) is 24.3 Å². The van der Waals surface area contributed by atoms with Crippen molar-refractivity contribution in [2.45, 2.75) is 19.9 Å². The van der Waals surface area contributed by atoms with E-state index in [1.165, 1.54) is 0 Å². The van der Waals surface area contributed by atoms with E-state index in [4.69, 9.17) is 0 Å². The Kier molecular flexibility index (Phi) is 3.26. The lowest BCUT2D eigenvalue weighted by Crippen LogP contribution is -2.03. The number of carbonyl (C=O) groups is 1. The van der Waals surface area contributed by atoms with E-state index >= 15 is 0 Å². The Balaban J connectivity index is 2.31. The molecule has 3 aromatic rings. The Morgan fingerprint density at radius 1 is 1.05 bits per heavy atom. The normalized spacial score (nSPS) is 11.2. The number of rotatable bonds is 3. The number of carboxylic acid groups (broad SMARTS) is 1. The van der Waals surface area contributed by atoms with Gasteiger partial charge in [-0.1, -0.05) is 36.4 Å². The number of fused-ring (bicyclic) bond motifs is 1. The molecule has 0 atom stereocenters. The molecule has 0 bridgehead atoms. The lowest BCUT2D eigenvalue weighted by molar-refractivity contribution is 0.0697. The molecule has 1 aromatic heterocycles. The van der Waals surface area contributed by atoms with Gasteiger partial charge in [-0.15, -0.1) is 0 Å². The molecule has 21 heavy (non-hydrogen) atoms. The molecule has 1 heterocycles. The van der Waals surface area contributed by atoms with E-state index in [-0.39, 0.29) is 6.04 Å². The van der Waals surface area contributed by atoms with E-state index in [2.05, 4.69) is 36.6 Å². The largest absolute Gasteiger partial charge is 0.478 e. The molecule has 0 spiro atoms. The Bertz CT molecular complexity index is 801. The molecule has 0 radical (unpaired) electrons. The first kappa shape index (κ1) is 13.4. The highest BCUT2D eigenvalue weighted by atomic mass is 16.4. The van der Waals surface area contributed by atoms with Crippen molar-refractivity contribution in [1.29, 1.82) is 0 Å². The highest BCUT2D eigenvalue weighted by Gasteiger charge is 2.14. The number of hydrogen-bond acceptors (Lipinski definition) is 1. The molecule has 0 aliphatic heterocycles. The number of nitrogens with zero attached hydrogens (tertiary/aromatic N) is 1. The van der Waals surface area contributed by atoms with Crippen LogP contribution in [0.2, 0.25) is 0 Å². The van der Waals surface area contributed by atoms with Crippen molar-refractivity contribution in [3.8, 4) is 11.3 Å². The quantitative estimate of drug-likeness (QED) is 0.762. The van der Waals surface area contributed by atoms with Crippen LogP contribution in [0.1, 0.15) is 30.2 Å². The first-order chi connectivity index (χ1) is 10.1. The van der Waals surface area contributed by atoms with Crippen LogP contribution in [-0.4, -0.2) is 15.6 Å². The molecule has 106 valence electrons. The van der Waals surface area contributed by atoms with Crippen LogP contribution in [0.25, 0.3) is 22.2 Å². The average Bonchev–Trinajstić information content (AvgIpc) is 2.86. The van der Waals surface area contributed by atoms with Crippen LogP contribution in [0.15, 0.2) is 54.6 Å². The van der Waals surface area contributed by atoms with Crippen LogP contribution in [0.5, 0.6) is 0 Å². The summed E-state index contributed by atoms with van der Waals surface area (Å²) in [4.78, 5) is 11.2. The van der Waals surface area contributed by atoms with Gasteiger partial charge in [-0.25, -0.2) is 4.79 Å². The number of benzene rings is 2. The van der Waals surface area contributed by atoms with Gasteiger partial charge in [0.15, 0.2) is 0 Å². The predicted octanol–water partition coefficient (Wildman–Crippen LogP) is 4.59. The van der Waals surface area contributed by atoms with E-state index in [0.29, 0.717) is 5.56 Å². The third-order valence-corrected chi connectivity index (χ3v) is 3.67. The first-order valence-corrected chi connectivity index (χ1v) is 7.01. The molecule has 0 aliphatic carbocycles. The number of hydrogen-bond donors (Lipinski definition) is 1. The molecule has 3 heteroatoms. The zero-order chi connectivity index (χ0) is 15.0. The summed E-state index contributed by atoms with van der Waals surface area (Å²) in [7, 11) is 0. The SMILES string of the molecule is CC(C)n1c(-c2ccccc2)cc2ccc(C(=O)O)cc21. The summed E-state index contributed by atoms with van der Waals surface area (Å²) in [5.41, 5.74) is 3.54. The highest BCUT2D eigenvalue weighted by Crippen LogP contribution is 2.31. The summed E-state index contributed by atoms with van der Waals surface area (Å²) in [5.74, 6) is -0.894. The molecule has 0 saturated carbocycles. The molecule has 0 amide bonds. The molecule has 3 nitrogen and oxygen atoms in total. The summed E-state index contributed by atoms with van der Waals surface area (Å²) >= 11 is 0. The molecule has 0 saturated heterocycles. The van der Waals surface area contributed by atoms with Crippen LogP contribution in [0.4, 0.5) is 0 Å². The number of aromatic carboxylic acids is 1. The van der Waals surface area contributed by atoms with Gasteiger partial charge in [-0.2, -0.15) is 0 Å². The lowest BCUT2D eigenvalue weighted by Gasteiger charge is -2.15. The summed E-state index contributed by atoms with van der Waals surface area (Å²) in [6.45, 7) is 4.22. The third kappa shape index (κ3) is 2.31. The van der Waals surface area contributed by atoms with Gasteiger partial charge in [0.2, 0.25) is 0 Å². The smallest absolute Gasteiger partial charge is 0.335 e. The fraction of sp³-hybridized carbons (Fsp3) is 0.167. The fourth-order valence-corrected chi connectivity index (χ4v) is 2.74. The van der Waals surface area contributed by atoms with Crippen LogP contribution in [0.3, 0.4) is 0 Å². The van der Waals surface area contributed by atoms with Crippen LogP contribution in [-0.2, 0) is 0 Å². The van der Waals surface area contributed by atoms with Crippen molar-refractivity contribution in [3.63, 3.8) is 0 Å². The maximum Gasteiger partial charge on any atom is 0.335 e. The van der Waals surface area contributed by atoms with E-state index < -0.39 is 5.97 Å². The maximum atomic E-state index is 11.2. The minimum Gasteiger partial charge on any atom is -0.478 e. The molecule has 1 N–H and O–H groups in total. The van der Waals surface area contributed by atoms with E-state index in [9.17, 15) is 9.90 Å². The summed E-state index contributed by atoms with van der Waals surface area (Å²) in [6.07, 6.45) is 0. The van der Waals surface area contributed by atoms with Gasteiger partial charge in [0.25, 0.3) is 0 Å². The van der Waals surface area contributed by atoms with Crippen molar-refractivity contribution >= 4 is 16.9 Å². The molecule has 0 fully saturated rings. The van der Waals surface area contributed by atoms with Gasteiger partial charge in [-0.3, -0.25) is 0 Å². The van der Waals surface area contributed by atoms with Gasteiger partial charge in [-0.05, 0) is 37.6 Å². The fourth-order valence-electron chi connectivity index (χ4n) is 2.74. The van der Waals surface area contributed by atoms with Crippen LogP contribution >= 0.6 is 0 Å². The zero-order valence-corrected chi connectivity index (χ0v) is 12.1. The van der Waals surface area contributed by atoms with Crippen molar-refractivity contribution in [2.24, 2.45) is 0 Å². The minimum atomic E-state index is -0.894. The van der Waals surface area contributed by atoms with Gasteiger partial charge in [0, 0.05) is 22.6 Å². The summed E-state index contributed by atoms with van der Waals surface area (Å²) < 4.78 is 2.19. The second kappa shape index (κ2) is 5.09. The number of aromatic nitrogens is 1. The zero-order valence-electron chi connectivity index (χ0n) is 12.1. The Hall–Kier alpha value is -2.55.